The minimum Gasteiger partial charge on any atom is -0.302 e. The summed E-state index contributed by atoms with van der Waals surface area (Å²) in [6.45, 7) is 4.53. The van der Waals surface area contributed by atoms with Crippen LogP contribution in [0.5, 0.6) is 0 Å². The zero-order valence-corrected chi connectivity index (χ0v) is 16.4. The van der Waals surface area contributed by atoms with E-state index in [0.717, 1.165) is 36.1 Å². The molecular weight excluding hydrogens is 405 g/mol. The Bertz CT molecular complexity index is 584. The van der Waals surface area contributed by atoms with Gasteiger partial charge in [-0.05, 0) is 72.4 Å². The van der Waals surface area contributed by atoms with Crippen LogP contribution in [-0.4, -0.2) is 31.3 Å². The van der Waals surface area contributed by atoms with E-state index in [1.807, 2.05) is 0 Å². The Morgan fingerprint density at radius 3 is 2.73 bits per heavy atom. The van der Waals surface area contributed by atoms with E-state index in [9.17, 15) is 4.79 Å². The van der Waals surface area contributed by atoms with Gasteiger partial charge in [-0.2, -0.15) is 0 Å². The second kappa shape index (κ2) is 7.14. The topological polar surface area (TPSA) is 20.3 Å². The Morgan fingerprint density at radius 2 is 2.05 bits per heavy atom. The molecule has 0 aromatic carbocycles. The van der Waals surface area contributed by atoms with Crippen molar-refractivity contribution in [1.82, 2.24) is 4.90 Å². The van der Waals surface area contributed by atoms with E-state index in [-0.39, 0.29) is 0 Å². The molecule has 2 heterocycles. The lowest BCUT2D eigenvalue weighted by Gasteiger charge is -2.35. The lowest BCUT2D eigenvalue weighted by Crippen LogP contribution is -2.30. The molecule has 0 atom stereocenters. The fourth-order valence-electron chi connectivity index (χ4n) is 3.93. The van der Waals surface area contributed by atoms with Crippen molar-refractivity contribution in [2.45, 2.75) is 39.0 Å². The normalized spacial score (nSPS) is 27.2. The average Bonchev–Trinajstić information content (AvgIpc) is 2.89. The number of rotatable bonds is 3. The first-order valence-corrected chi connectivity index (χ1v) is 10.1. The van der Waals surface area contributed by atoms with Crippen LogP contribution in [0.4, 0.5) is 0 Å². The Balaban J connectivity index is 1.99. The molecule has 2 aliphatic rings. The summed E-state index contributed by atoms with van der Waals surface area (Å²) in [6, 6.07) is 2.22. The molecule has 3 rings (SSSR count). The zero-order valence-electron chi connectivity index (χ0n) is 13.4. The van der Waals surface area contributed by atoms with Gasteiger partial charge in [-0.3, -0.25) is 4.79 Å². The number of nitrogens with zero attached hydrogens (tertiary/aromatic N) is 1. The third-order valence-electron chi connectivity index (χ3n) is 5.25. The van der Waals surface area contributed by atoms with Gasteiger partial charge in [0.15, 0.2) is 6.29 Å². The van der Waals surface area contributed by atoms with Crippen molar-refractivity contribution in [3.63, 3.8) is 0 Å². The number of hydrogen-bond donors (Lipinski definition) is 0. The maximum absolute atomic E-state index is 11.5. The van der Waals surface area contributed by atoms with E-state index in [4.69, 9.17) is 0 Å². The van der Waals surface area contributed by atoms with E-state index in [2.05, 4.69) is 47.5 Å². The van der Waals surface area contributed by atoms with Gasteiger partial charge in [0.1, 0.15) is 0 Å². The van der Waals surface area contributed by atoms with Gasteiger partial charge >= 0.3 is 0 Å². The van der Waals surface area contributed by atoms with Gasteiger partial charge in [0.25, 0.3) is 0 Å². The SMILES string of the molecule is CC1CCC(C2=C(c3cc(I)sc3C=O)CN(C)CC2)CC1. The van der Waals surface area contributed by atoms with Gasteiger partial charge in [-0.1, -0.05) is 25.3 Å². The third kappa shape index (κ3) is 3.49. The lowest BCUT2D eigenvalue weighted by molar-refractivity contribution is 0.112. The molecule has 2 nitrogen and oxygen atoms in total. The molecule has 0 spiro atoms. The number of hydrogen-bond acceptors (Lipinski definition) is 3. The highest BCUT2D eigenvalue weighted by Gasteiger charge is 2.28. The molecule has 1 aromatic rings. The van der Waals surface area contributed by atoms with E-state index in [1.165, 1.54) is 46.1 Å². The van der Waals surface area contributed by atoms with Crippen LogP contribution in [0.2, 0.25) is 0 Å². The van der Waals surface area contributed by atoms with Crippen molar-refractivity contribution in [3.8, 4) is 0 Å². The summed E-state index contributed by atoms with van der Waals surface area (Å²) in [7, 11) is 2.19. The predicted molar refractivity (Wildman–Crippen MR) is 103 cm³/mol. The first-order chi connectivity index (χ1) is 10.6. The maximum Gasteiger partial charge on any atom is 0.160 e. The fourth-order valence-corrected chi connectivity index (χ4v) is 5.68. The van der Waals surface area contributed by atoms with Gasteiger partial charge in [0.05, 0.1) is 7.76 Å². The molecule has 1 aromatic heterocycles. The highest BCUT2D eigenvalue weighted by atomic mass is 127. The summed E-state index contributed by atoms with van der Waals surface area (Å²) in [5.74, 6) is 1.64. The van der Waals surface area contributed by atoms with E-state index < -0.39 is 0 Å². The third-order valence-corrected chi connectivity index (χ3v) is 7.07. The molecule has 0 radical (unpaired) electrons. The fraction of sp³-hybridized carbons (Fsp3) is 0.611. The quantitative estimate of drug-likeness (QED) is 0.494. The van der Waals surface area contributed by atoms with Crippen molar-refractivity contribution in [2.24, 2.45) is 11.8 Å². The van der Waals surface area contributed by atoms with Crippen LogP contribution in [0, 0.1) is 14.7 Å². The van der Waals surface area contributed by atoms with Gasteiger partial charge in [0.2, 0.25) is 0 Å². The molecule has 120 valence electrons. The molecule has 1 aliphatic heterocycles. The summed E-state index contributed by atoms with van der Waals surface area (Å²) in [6.07, 6.45) is 7.61. The summed E-state index contributed by atoms with van der Waals surface area (Å²) in [4.78, 5) is 14.8. The molecule has 0 N–H and O–H groups in total. The van der Waals surface area contributed by atoms with E-state index >= 15 is 0 Å². The molecule has 1 fully saturated rings. The molecule has 0 amide bonds. The average molecular weight is 429 g/mol. The Hall–Kier alpha value is -0.200. The minimum absolute atomic E-state index is 0.747. The van der Waals surface area contributed by atoms with Crippen LogP contribution in [0.15, 0.2) is 11.6 Å². The zero-order chi connectivity index (χ0) is 15.7. The number of carbonyl (C=O) groups is 1. The first kappa shape index (κ1) is 16.7. The standard InChI is InChI=1S/C18H24INOS/c1-12-3-5-13(6-4-12)14-7-8-20(2)10-16(14)15-9-18(19)22-17(15)11-21/h9,11-13H,3-8,10H2,1-2H3. The highest BCUT2D eigenvalue weighted by Crippen LogP contribution is 2.41. The molecule has 22 heavy (non-hydrogen) atoms. The smallest absolute Gasteiger partial charge is 0.160 e. The van der Waals surface area contributed by atoms with Crippen LogP contribution in [0.3, 0.4) is 0 Å². The van der Waals surface area contributed by atoms with Crippen LogP contribution in [0.25, 0.3) is 5.57 Å². The molecular formula is C18H24INOS. The van der Waals surface area contributed by atoms with Crippen molar-refractivity contribution < 1.29 is 4.79 Å². The van der Waals surface area contributed by atoms with Crippen molar-refractivity contribution in [1.29, 1.82) is 0 Å². The number of thiophene rings is 1. The minimum atomic E-state index is 0.747. The van der Waals surface area contributed by atoms with E-state index in [0.29, 0.717) is 0 Å². The summed E-state index contributed by atoms with van der Waals surface area (Å²) < 4.78 is 1.21. The van der Waals surface area contributed by atoms with Crippen LogP contribution in [0.1, 0.15) is 54.3 Å². The highest BCUT2D eigenvalue weighted by molar-refractivity contribution is 14.1. The molecule has 0 bridgehead atoms. The van der Waals surface area contributed by atoms with Crippen LogP contribution < -0.4 is 0 Å². The van der Waals surface area contributed by atoms with Crippen molar-refractivity contribution in [3.05, 3.63) is 25.0 Å². The first-order valence-electron chi connectivity index (χ1n) is 8.23. The van der Waals surface area contributed by atoms with E-state index in [1.54, 1.807) is 16.9 Å². The summed E-state index contributed by atoms with van der Waals surface area (Å²) in [5, 5.41) is 0. The molecule has 4 heteroatoms. The largest absolute Gasteiger partial charge is 0.302 e. The predicted octanol–water partition coefficient (Wildman–Crippen LogP) is 5.08. The Morgan fingerprint density at radius 1 is 1.32 bits per heavy atom. The second-order valence-electron chi connectivity index (χ2n) is 6.89. The summed E-state index contributed by atoms with van der Waals surface area (Å²) >= 11 is 3.96. The molecule has 1 aliphatic carbocycles. The molecule has 0 unspecified atom stereocenters. The van der Waals surface area contributed by atoms with Gasteiger partial charge in [-0.15, -0.1) is 11.3 Å². The number of aldehydes is 1. The van der Waals surface area contributed by atoms with Gasteiger partial charge < -0.3 is 4.90 Å². The van der Waals surface area contributed by atoms with Gasteiger partial charge in [0, 0.05) is 18.7 Å². The number of likely N-dealkylation sites (N-methyl/N-ethyl adjacent to an activating group) is 1. The lowest BCUT2D eigenvalue weighted by atomic mass is 9.75. The number of halogens is 1. The van der Waals surface area contributed by atoms with Crippen LogP contribution in [-0.2, 0) is 0 Å². The molecule has 0 saturated heterocycles. The molecule has 1 saturated carbocycles. The maximum atomic E-state index is 11.5. The monoisotopic (exact) mass is 429 g/mol. The van der Waals surface area contributed by atoms with Gasteiger partial charge in [-0.25, -0.2) is 0 Å². The van der Waals surface area contributed by atoms with Crippen molar-refractivity contribution in [2.75, 3.05) is 20.1 Å². The Labute approximate surface area is 151 Å². The Kier molecular flexibility index (Phi) is 5.40. The number of carbonyl (C=O) groups excluding carboxylic acids is 1. The van der Waals surface area contributed by atoms with Crippen LogP contribution >= 0.6 is 33.9 Å². The second-order valence-corrected chi connectivity index (χ2v) is 9.87. The summed E-state index contributed by atoms with van der Waals surface area (Å²) in [5.41, 5.74) is 4.32. The van der Waals surface area contributed by atoms with Crippen molar-refractivity contribution >= 4 is 45.8 Å².